The van der Waals surface area contributed by atoms with E-state index < -0.39 is 0 Å². The van der Waals surface area contributed by atoms with E-state index in [0.717, 1.165) is 25.0 Å². The van der Waals surface area contributed by atoms with Crippen LogP contribution in [0.2, 0.25) is 0 Å². The highest BCUT2D eigenvalue weighted by molar-refractivity contribution is 9.09. The lowest BCUT2D eigenvalue weighted by atomic mass is 10.5. The number of alkyl halides is 1. The standard InChI is InChI=1S/C5H9BrO2.C2H6/c6-2-1-5-7-3-4-8-5;1-2/h5H,1-4H2;1-2H3. The molecule has 1 aliphatic heterocycles. The molecule has 10 heavy (non-hydrogen) atoms. The van der Waals surface area contributed by atoms with Gasteiger partial charge in [-0.2, -0.15) is 0 Å². The molecule has 0 unspecified atom stereocenters. The lowest BCUT2D eigenvalue weighted by molar-refractivity contribution is -0.0419. The Bertz CT molecular complexity index is 62.6. The zero-order valence-electron chi connectivity index (χ0n) is 6.60. The Hall–Kier alpha value is 0.400. The second kappa shape index (κ2) is 7.51. The minimum Gasteiger partial charge on any atom is -0.350 e. The SMILES string of the molecule is BrCCC1OCCO1.CC. The van der Waals surface area contributed by atoms with Crippen molar-refractivity contribution in [1.29, 1.82) is 0 Å². The molecule has 0 aliphatic carbocycles. The summed E-state index contributed by atoms with van der Waals surface area (Å²) < 4.78 is 10.3. The summed E-state index contributed by atoms with van der Waals surface area (Å²) in [6.07, 6.45) is 1.02. The number of halogens is 1. The van der Waals surface area contributed by atoms with E-state index in [1.807, 2.05) is 13.8 Å². The maximum Gasteiger partial charge on any atom is 0.158 e. The van der Waals surface area contributed by atoms with Crippen LogP contribution in [0, 0.1) is 0 Å². The fraction of sp³-hybridized carbons (Fsp3) is 1.00. The Morgan fingerprint density at radius 3 is 2.20 bits per heavy atom. The van der Waals surface area contributed by atoms with Gasteiger partial charge in [-0.3, -0.25) is 0 Å². The third-order valence-electron chi connectivity index (χ3n) is 1.04. The van der Waals surface area contributed by atoms with Crippen LogP contribution >= 0.6 is 15.9 Å². The lowest BCUT2D eigenvalue weighted by Gasteiger charge is -2.03. The van der Waals surface area contributed by atoms with Gasteiger partial charge >= 0.3 is 0 Å². The van der Waals surface area contributed by atoms with Gasteiger partial charge in [-0.15, -0.1) is 0 Å². The topological polar surface area (TPSA) is 18.5 Å². The van der Waals surface area contributed by atoms with Crippen molar-refractivity contribution in [3.05, 3.63) is 0 Å². The van der Waals surface area contributed by atoms with Gasteiger partial charge in [-0.25, -0.2) is 0 Å². The van der Waals surface area contributed by atoms with Crippen LogP contribution in [0.1, 0.15) is 20.3 Å². The molecule has 3 heteroatoms. The summed E-state index contributed by atoms with van der Waals surface area (Å²) in [5.41, 5.74) is 0. The second-order valence-electron chi connectivity index (χ2n) is 1.65. The molecule has 0 aromatic heterocycles. The molecule has 1 saturated heterocycles. The van der Waals surface area contributed by atoms with Gasteiger partial charge in [0.15, 0.2) is 6.29 Å². The van der Waals surface area contributed by atoms with Gasteiger partial charge in [0.25, 0.3) is 0 Å². The predicted molar refractivity (Wildman–Crippen MR) is 45.5 cm³/mol. The Morgan fingerprint density at radius 2 is 1.80 bits per heavy atom. The maximum absolute atomic E-state index is 5.14. The van der Waals surface area contributed by atoms with E-state index in [4.69, 9.17) is 9.47 Å². The molecular weight excluding hydrogens is 196 g/mol. The zero-order chi connectivity index (χ0) is 7.82. The van der Waals surface area contributed by atoms with Crippen molar-refractivity contribution in [3.63, 3.8) is 0 Å². The van der Waals surface area contributed by atoms with E-state index >= 15 is 0 Å². The molecule has 1 rings (SSSR count). The average Bonchev–Trinajstić information content (AvgIpc) is 2.46. The van der Waals surface area contributed by atoms with Crippen LogP contribution in [0.5, 0.6) is 0 Å². The highest BCUT2D eigenvalue weighted by Crippen LogP contribution is 2.08. The number of ether oxygens (including phenoxy) is 2. The van der Waals surface area contributed by atoms with Gasteiger partial charge in [0.05, 0.1) is 13.2 Å². The Labute approximate surface area is 71.0 Å². The van der Waals surface area contributed by atoms with E-state index in [9.17, 15) is 0 Å². The van der Waals surface area contributed by atoms with Crippen LogP contribution in [0.15, 0.2) is 0 Å². The molecule has 0 aromatic rings. The average molecular weight is 211 g/mol. The summed E-state index contributed by atoms with van der Waals surface area (Å²) in [5, 5.41) is 0.956. The molecule has 1 heterocycles. The smallest absolute Gasteiger partial charge is 0.158 e. The summed E-state index contributed by atoms with van der Waals surface area (Å²) in [5.74, 6) is 0. The monoisotopic (exact) mass is 210 g/mol. The molecule has 0 atom stereocenters. The van der Waals surface area contributed by atoms with Crippen molar-refractivity contribution >= 4 is 15.9 Å². The third kappa shape index (κ3) is 4.25. The number of hydrogen-bond acceptors (Lipinski definition) is 2. The molecule has 2 nitrogen and oxygen atoms in total. The maximum atomic E-state index is 5.14. The highest BCUT2D eigenvalue weighted by atomic mass is 79.9. The van der Waals surface area contributed by atoms with Crippen LogP contribution in [-0.4, -0.2) is 24.8 Å². The minimum absolute atomic E-state index is 0.0642. The van der Waals surface area contributed by atoms with Crippen molar-refractivity contribution in [3.8, 4) is 0 Å². The van der Waals surface area contributed by atoms with Crippen molar-refractivity contribution < 1.29 is 9.47 Å². The highest BCUT2D eigenvalue weighted by Gasteiger charge is 2.13. The van der Waals surface area contributed by atoms with Gasteiger partial charge in [0.2, 0.25) is 0 Å². The Balaban J connectivity index is 0.000000371. The fourth-order valence-corrected chi connectivity index (χ4v) is 1.04. The van der Waals surface area contributed by atoms with Gasteiger partial charge in [0.1, 0.15) is 0 Å². The molecule has 0 bridgehead atoms. The normalized spacial score (nSPS) is 18.3. The summed E-state index contributed by atoms with van der Waals surface area (Å²) in [6, 6.07) is 0. The van der Waals surface area contributed by atoms with Gasteiger partial charge in [-0.1, -0.05) is 29.8 Å². The van der Waals surface area contributed by atoms with Crippen molar-refractivity contribution in [2.45, 2.75) is 26.6 Å². The first-order chi connectivity index (χ1) is 4.93. The van der Waals surface area contributed by atoms with E-state index in [2.05, 4.69) is 15.9 Å². The van der Waals surface area contributed by atoms with Gasteiger partial charge in [0, 0.05) is 11.8 Å². The summed E-state index contributed by atoms with van der Waals surface area (Å²) in [7, 11) is 0. The van der Waals surface area contributed by atoms with Gasteiger partial charge < -0.3 is 9.47 Å². The quantitative estimate of drug-likeness (QED) is 0.651. The minimum atomic E-state index is 0.0642. The van der Waals surface area contributed by atoms with Crippen LogP contribution in [0.4, 0.5) is 0 Å². The molecule has 0 amide bonds. The second-order valence-corrected chi connectivity index (χ2v) is 2.44. The first-order valence-corrected chi connectivity index (χ1v) is 4.85. The van der Waals surface area contributed by atoms with E-state index in [1.165, 1.54) is 0 Å². The molecular formula is C7H15BrO2. The predicted octanol–water partition coefficient (Wildman–Crippen LogP) is 2.17. The van der Waals surface area contributed by atoms with Crippen LogP contribution in [0.25, 0.3) is 0 Å². The largest absolute Gasteiger partial charge is 0.350 e. The molecule has 0 aromatic carbocycles. The van der Waals surface area contributed by atoms with Gasteiger partial charge in [-0.05, 0) is 0 Å². The zero-order valence-corrected chi connectivity index (χ0v) is 8.19. The summed E-state index contributed by atoms with van der Waals surface area (Å²) >= 11 is 3.30. The van der Waals surface area contributed by atoms with Crippen molar-refractivity contribution in [1.82, 2.24) is 0 Å². The number of hydrogen-bond donors (Lipinski definition) is 0. The molecule has 0 spiro atoms. The third-order valence-corrected chi connectivity index (χ3v) is 1.49. The van der Waals surface area contributed by atoms with Crippen LogP contribution in [0.3, 0.4) is 0 Å². The summed E-state index contributed by atoms with van der Waals surface area (Å²) in [6.45, 7) is 5.52. The number of rotatable bonds is 2. The van der Waals surface area contributed by atoms with Crippen LogP contribution < -0.4 is 0 Å². The first kappa shape index (κ1) is 10.4. The molecule has 0 saturated carbocycles. The molecule has 0 radical (unpaired) electrons. The Morgan fingerprint density at radius 1 is 1.30 bits per heavy atom. The fourth-order valence-electron chi connectivity index (χ4n) is 0.663. The first-order valence-electron chi connectivity index (χ1n) is 3.72. The summed E-state index contributed by atoms with van der Waals surface area (Å²) in [4.78, 5) is 0. The van der Waals surface area contributed by atoms with E-state index in [1.54, 1.807) is 0 Å². The molecule has 62 valence electrons. The molecule has 1 fully saturated rings. The van der Waals surface area contributed by atoms with Crippen LogP contribution in [-0.2, 0) is 9.47 Å². The van der Waals surface area contributed by atoms with E-state index in [0.29, 0.717) is 0 Å². The van der Waals surface area contributed by atoms with E-state index in [-0.39, 0.29) is 6.29 Å². The van der Waals surface area contributed by atoms with Crippen molar-refractivity contribution in [2.24, 2.45) is 0 Å². The Kier molecular flexibility index (Phi) is 7.81. The van der Waals surface area contributed by atoms with Crippen molar-refractivity contribution in [2.75, 3.05) is 18.5 Å². The molecule has 0 N–H and O–H groups in total. The molecule has 1 aliphatic rings. The lowest BCUT2D eigenvalue weighted by Crippen LogP contribution is -2.06.